The van der Waals surface area contributed by atoms with Crippen LogP contribution in [-0.2, 0) is 6.42 Å². The SMILES string of the molecule is CCc1ccccc1C(=O)Oc1ccccc1[N+](=O)[O-]. The van der Waals surface area contributed by atoms with Gasteiger partial charge in [0.2, 0.25) is 5.75 Å². The van der Waals surface area contributed by atoms with E-state index in [-0.39, 0.29) is 11.4 Å². The molecule has 0 radical (unpaired) electrons. The highest BCUT2D eigenvalue weighted by Crippen LogP contribution is 2.27. The summed E-state index contributed by atoms with van der Waals surface area (Å²) in [5.41, 5.74) is 1.04. The van der Waals surface area contributed by atoms with Gasteiger partial charge in [0.25, 0.3) is 0 Å². The van der Waals surface area contributed by atoms with Crippen molar-refractivity contribution in [3.8, 4) is 5.75 Å². The van der Waals surface area contributed by atoms with Crippen molar-refractivity contribution in [2.45, 2.75) is 13.3 Å². The van der Waals surface area contributed by atoms with Gasteiger partial charge in [-0.3, -0.25) is 10.1 Å². The minimum atomic E-state index is -0.586. The Hall–Kier alpha value is -2.69. The highest BCUT2D eigenvalue weighted by molar-refractivity contribution is 5.93. The van der Waals surface area contributed by atoms with Gasteiger partial charge in [-0.05, 0) is 24.1 Å². The second-order valence-electron chi connectivity index (χ2n) is 4.13. The molecule has 0 aliphatic heterocycles. The van der Waals surface area contributed by atoms with Gasteiger partial charge in [-0.1, -0.05) is 37.3 Å². The summed E-state index contributed by atoms with van der Waals surface area (Å²) in [4.78, 5) is 22.4. The zero-order valence-electron chi connectivity index (χ0n) is 10.9. The first kappa shape index (κ1) is 13.7. The Morgan fingerprint density at radius 1 is 1.15 bits per heavy atom. The Kier molecular flexibility index (Phi) is 4.10. The first-order valence-corrected chi connectivity index (χ1v) is 6.17. The lowest BCUT2D eigenvalue weighted by molar-refractivity contribution is -0.385. The van der Waals surface area contributed by atoms with Gasteiger partial charge in [0.15, 0.2) is 0 Å². The van der Waals surface area contributed by atoms with Crippen LogP contribution in [-0.4, -0.2) is 10.9 Å². The number of para-hydroxylation sites is 2. The van der Waals surface area contributed by atoms with E-state index >= 15 is 0 Å². The molecule has 0 amide bonds. The first-order valence-electron chi connectivity index (χ1n) is 6.17. The fraction of sp³-hybridized carbons (Fsp3) is 0.133. The normalized spacial score (nSPS) is 10.1. The van der Waals surface area contributed by atoms with Crippen LogP contribution in [0.2, 0.25) is 0 Å². The second-order valence-corrected chi connectivity index (χ2v) is 4.13. The summed E-state index contributed by atoms with van der Waals surface area (Å²) in [6, 6.07) is 12.9. The minimum absolute atomic E-state index is 0.0478. The van der Waals surface area contributed by atoms with Crippen molar-refractivity contribution >= 4 is 11.7 Å². The molecule has 0 aromatic heterocycles. The molecule has 5 nitrogen and oxygen atoms in total. The highest BCUT2D eigenvalue weighted by atomic mass is 16.6. The summed E-state index contributed by atoms with van der Waals surface area (Å²) < 4.78 is 5.15. The molecule has 2 aromatic carbocycles. The van der Waals surface area contributed by atoms with Crippen molar-refractivity contribution in [3.63, 3.8) is 0 Å². The number of hydrogen-bond acceptors (Lipinski definition) is 4. The molecule has 0 aliphatic carbocycles. The Bertz CT molecular complexity index is 652. The third-order valence-corrected chi connectivity index (χ3v) is 2.88. The lowest BCUT2D eigenvalue weighted by atomic mass is 10.1. The summed E-state index contributed by atoms with van der Waals surface area (Å²) in [6.07, 6.45) is 0.683. The third-order valence-electron chi connectivity index (χ3n) is 2.88. The number of hydrogen-bond donors (Lipinski definition) is 0. The molecule has 0 atom stereocenters. The number of benzene rings is 2. The standard InChI is InChI=1S/C15H13NO4/c1-2-11-7-3-4-8-12(11)15(17)20-14-10-6-5-9-13(14)16(18)19/h3-10H,2H2,1H3. The van der Waals surface area contributed by atoms with E-state index in [2.05, 4.69) is 0 Å². The van der Waals surface area contributed by atoms with Crippen LogP contribution >= 0.6 is 0 Å². The smallest absolute Gasteiger partial charge is 0.344 e. The van der Waals surface area contributed by atoms with E-state index in [1.807, 2.05) is 19.1 Å². The van der Waals surface area contributed by atoms with Crippen LogP contribution in [0, 0.1) is 10.1 Å². The van der Waals surface area contributed by atoms with E-state index in [0.717, 1.165) is 5.56 Å². The van der Waals surface area contributed by atoms with E-state index in [9.17, 15) is 14.9 Å². The molecule has 0 fully saturated rings. The molecular weight excluding hydrogens is 258 g/mol. The Morgan fingerprint density at radius 3 is 2.50 bits per heavy atom. The Morgan fingerprint density at radius 2 is 1.80 bits per heavy atom. The van der Waals surface area contributed by atoms with Gasteiger partial charge in [0.1, 0.15) is 0 Å². The number of rotatable bonds is 4. The molecule has 20 heavy (non-hydrogen) atoms. The van der Waals surface area contributed by atoms with Crippen LogP contribution in [0.1, 0.15) is 22.8 Å². The van der Waals surface area contributed by atoms with Crippen LogP contribution in [0.3, 0.4) is 0 Å². The van der Waals surface area contributed by atoms with Gasteiger partial charge in [0, 0.05) is 6.07 Å². The predicted molar refractivity (Wildman–Crippen MR) is 73.9 cm³/mol. The first-order chi connectivity index (χ1) is 9.63. The molecule has 5 heteroatoms. The molecule has 0 spiro atoms. The van der Waals surface area contributed by atoms with Crippen molar-refractivity contribution < 1.29 is 14.5 Å². The largest absolute Gasteiger partial charge is 0.416 e. The Balaban J connectivity index is 2.31. The Labute approximate surface area is 116 Å². The lowest BCUT2D eigenvalue weighted by Crippen LogP contribution is -2.12. The molecule has 0 saturated carbocycles. The monoisotopic (exact) mass is 271 g/mol. The average Bonchev–Trinajstić information content (AvgIpc) is 2.47. The maximum atomic E-state index is 12.1. The minimum Gasteiger partial charge on any atom is -0.416 e. The highest BCUT2D eigenvalue weighted by Gasteiger charge is 2.19. The zero-order valence-corrected chi connectivity index (χ0v) is 10.9. The average molecular weight is 271 g/mol. The summed E-state index contributed by atoms with van der Waals surface area (Å²) in [5, 5.41) is 10.9. The number of nitro groups is 1. The number of nitro benzene ring substituents is 1. The van der Waals surface area contributed by atoms with Crippen LogP contribution in [0.25, 0.3) is 0 Å². The quantitative estimate of drug-likeness (QED) is 0.370. The molecule has 2 aromatic rings. The second kappa shape index (κ2) is 5.97. The molecule has 0 bridgehead atoms. The predicted octanol–water partition coefficient (Wildman–Crippen LogP) is 3.38. The van der Waals surface area contributed by atoms with Crippen LogP contribution in [0.4, 0.5) is 5.69 Å². The summed E-state index contributed by atoms with van der Waals surface area (Å²) in [5.74, 6) is -0.634. The number of ether oxygens (including phenoxy) is 1. The number of carbonyl (C=O) groups excluding carboxylic acids is 1. The molecule has 0 aliphatic rings. The van der Waals surface area contributed by atoms with Gasteiger partial charge in [0.05, 0.1) is 10.5 Å². The van der Waals surface area contributed by atoms with Gasteiger partial charge >= 0.3 is 11.7 Å². The van der Waals surface area contributed by atoms with Crippen molar-refractivity contribution in [1.82, 2.24) is 0 Å². The van der Waals surface area contributed by atoms with E-state index < -0.39 is 10.9 Å². The number of esters is 1. The van der Waals surface area contributed by atoms with Crippen molar-refractivity contribution in [3.05, 3.63) is 69.8 Å². The fourth-order valence-corrected chi connectivity index (χ4v) is 1.88. The fourth-order valence-electron chi connectivity index (χ4n) is 1.88. The van der Waals surface area contributed by atoms with Gasteiger partial charge in [-0.15, -0.1) is 0 Å². The summed E-state index contributed by atoms with van der Waals surface area (Å²) >= 11 is 0. The molecular formula is C15H13NO4. The summed E-state index contributed by atoms with van der Waals surface area (Å²) in [7, 11) is 0. The molecule has 2 rings (SSSR count). The summed E-state index contributed by atoms with van der Waals surface area (Å²) in [6.45, 7) is 1.93. The molecule has 102 valence electrons. The van der Waals surface area contributed by atoms with E-state index in [1.54, 1.807) is 18.2 Å². The molecule has 0 N–H and O–H groups in total. The van der Waals surface area contributed by atoms with E-state index in [1.165, 1.54) is 18.2 Å². The number of aryl methyl sites for hydroxylation is 1. The third kappa shape index (κ3) is 2.83. The molecule has 0 unspecified atom stereocenters. The molecule has 0 heterocycles. The maximum Gasteiger partial charge on any atom is 0.344 e. The topological polar surface area (TPSA) is 69.4 Å². The van der Waals surface area contributed by atoms with Crippen LogP contribution in [0.5, 0.6) is 5.75 Å². The number of nitrogens with zero attached hydrogens (tertiary/aromatic N) is 1. The van der Waals surface area contributed by atoms with Gasteiger partial charge in [-0.25, -0.2) is 4.79 Å². The van der Waals surface area contributed by atoms with E-state index in [4.69, 9.17) is 4.74 Å². The molecule has 0 saturated heterocycles. The van der Waals surface area contributed by atoms with Crippen molar-refractivity contribution in [2.24, 2.45) is 0 Å². The van der Waals surface area contributed by atoms with Crippen LogP contribution < -0.4 is 4.74 Å². The zero-order chi connectivity index (χ0) is 14.5. The number of carbonyl (C=O) groups is 1. The van der Waals surface area contributed by atoms with Gasteiger partial charge < -0.3 is 4.74 Å². The van der Waals surface area contributed by atoms with Crippen molar-refractivity contribution in [1.29, 1.82) is 0 Å². The maximum absolute atomic E-state index is 12.1. The van der Waals surface area contributed by atoms with Crippen LogP contribution in [0.15, 0.2) is 48.5 Å². The lowest BCUT2D eigenvalue weighted by Gasteiger charge is -2.08. The van der Waals surface area contributed by atoms with Gasteiger partial charge in [-0.2, -0.15) is 0 Å². The van der Waals surface area contributed by atoms with Crippen molar-refractivity contribution in [2.75, 3.05) is 0 Å². The van der Waals surface area contributed by atoms with E-state index in [0.29, 0.717) is 12.0 Å².